The third-order valence-electron chi connectivity index (χ3n) is 4.00. The molecule has 3 rings (SSSR count). The zero-order valence-electron chi connectivity index (χ0n) is 12.0. The first-order chi connectivity index (χ1) is 9.49. The maximum Gasteiger partial charge on any atom is 0.163 e. The zero-order valence-corrected chi connectivity index (χ0v) is 12.0. The van der Waals surface area contributed by atoms with Crippen LogP contribution in [0.5, 0.6) is 0 Å². The molecule has 4 heteroatoms. The Morgan fingerprint density at radius 1 is 1.30 bits per heavy atom. The summed E-state index contributed by atoms with van der Waals surface area (Å²) in [7, 11) is 0. The van der Waals surface area contributed by atoms with E-state index < -0.39 is 11.5 Å². The fourth-order valence-corrected chi connectivity index (χ4v) is 2.76. The van der Waals surface area contributed by atoms with Crippen molar-refractivity contribution in [3.05, 3.63) is 35.9 Å². The Morgan fingerprint density at radius 2 is 2.05 bits per heavy atom. The minimum Gasteiger partial charge on any atom is -0.373 e. The van der Waals surface area contributed by atoms with Crippen LogP contribution < -0.4 is 0 Å². The summed E-state index contributed by atoms with van der Waals surface area (Å²) < 4.78 is 31.2. The number of hydrogen-bond acceptors (Lipinski definition) is 3. The van der Waals surface area contributed by atoms with Crippen molar-refractivity contribution in [2.24, 2.45) is 5.92 Å². The van der Waals surface area contributed by atoms with Gasteiger partial charge in [0.25, 0.3) is 0 Å². The van der Waals surface area contributed by atoms with Crippen molar-refractivity contribution in [1.29, 1.82) is 0 Å². The molecule has 3 nitrogen and oxygen atoms in total. The lowest BCUT2D eigenvalue weighted by atomic mass is 10.2. The van der Waals surface area contributed by atoms with Gasteiger partial charge >= 0.3 is 0 Å². The largest absolute Gasteiger partial charge is 0.373 e. The third kappa shape index (κ3) is 3.03. The van der Waals surface area contributed by atoms with Gasteiger partial charge in [0.15, 0.2) is 5.79 Å². The molecule has 20 heavy (non-hydrogen) atoms. The smallest absolute Gasteiger partial charge is 0.163 e. The maximum atomic E-state index is 14.5. The molecule has 1 saturated heterocycles. The zero-order chi connectivity index (χ0) is 14.2. The van der Waals surface area contributed by atoms with Crippen LogP contribution in [0.15, 0.2) is 30.3 Å². The van der Waals surface area contributed by atoms with Gasteiger partial charge in [-0.2, -0.15) is 0 Å². The summed E-state index contributed by atoms with van der Waals surface area (Å²) in [5, 5.41) is 0. The van der Waals surface area contributed by atoms with E-state index in [1.165, 1.54) is 0 Å². The molecule has 1 saturated carbocycles. The first kappa shape index (κ1) is 14.0. The summed E-state index contributed by atoms with van der Waals surface area (Å²) in [6.45, 7) is 4.78. The van der Waals surface area contributed by atoms with Crippen LogP contribution in [-0.2, 0) is 20.8 Å². The van der Waals surface area contributed by atoms with Crippen molar-refractivity contribution in [1.82, 2.24) is 0 Å². The summed E-state index contributed by atoms with van der Waals surface area (Å²) in [4.78, 5) is 0. The molecule has 1 heterocycles. The monoisotopic (exact) mass is 280 g/mol. The normalized spacial score (nSPS) is 35.1. The molecule has 0 radical (unpaired) electrons. The fraction of sp³-hybridized carbons (Fsp3) is 0.625. The Morgan fingerprint density at radius 3 is 2.70 bits per heavy atom. The van der Waals surface area contributed by atoms with Crippen LogP contribution >= 0.6 is 0 Å². The van der Waals surface area contributed by atoms with Crippen molar-refractivity contribution >= 4 is 0 Å². The van der Waals surface area contributed by atoms with E-state index in [4.69, 9.17) is 14.2 Å². The highest BCUT2D eigenvalue weighted by Gasteiger charge is 2.61. The minimum absolute atomic E-state index is 0.0972. The molecular weight excluding hydrogens is 259 g/mol. The Hall–Kier alpha value is -0.970. The highest BCUT2D eigenvalue weighted by atomic mass is 19.1. The molecule has 110 valence electrons. The lowest BCUT2D eigenvalue weighted by Gasteiger charge is -2.17. The van der Waals surface area contributed by atoms with Crippen LogP contribution in [-0.4, -0.2) is 30.8 Å². The van der Waals surface area contributed by atoms with E-state index in [-0.39, 0.29) is 18.6 Å². The molecule has 0 aromatic heterocycles. The molecule has 2 fully saturated rings. The van der Waals surface area contributed by atoms with Gasteiger partial charge in [0, 0.05) is 5.92 Å². The summed E-state index contributed by atoms with van der Waals surface area (Å²) in [6.07, 6.45) is 0.363. The van der Waals surface area contributed by atoms with Gasteiger partial charge < -0.3 is 14.2 Å². The average Bonchev–Trinajstić information content (AvgIpc) is 2.94. The SMILES string of the molecule is CC1(C)OC[C@@H]([C@@H]2C[C@]2(F)COCc2ccccc2)O1. The molecule has 0 spiro atoms. The van der Waals surface area contributed by atoms with Gasteiger partial charge in [-0.15, -0.1) is 0 Å². The molecule has 0 N–H and O–H groups in total. The number of hydrogen-bond donors (Lipinski definition) is 0. The Kier molecular flexibility index (Phi) is 3.56. The predicted octanol–water partition coefficient (Wildman–Crippen LogP) is 3.08. The van der Waals surface area contributed by atoms with Crippen molar-refractivity contribution in [3.8, 4) is 0 Å². The van der Waals surface area contributed by atoms with Crippen LogP contribution in [0.4, 0.5) is 4.39 Å². The molecule has 2 aliphatic rings. The Labute approximate surface area is 119 Å². The fourth-order valence-electron chi connectivity index (χ4n) is 2.76. The van der Waals surface area contributed by atoms with Crippen LogP contribution in [0.25, 0.3) is 0 Å². The molecule has 1 aliphatic heterocycles. The third-order valence-corrected chi connectivity index (χ3v) is 4.00. The lowest BCUT2D eigenvalue weighted by Crippen LogP contribution is -2.26. The van der Waals surface area contributed by atoms with Crippen LogP contribution in [0.1, 0.15) is 25.8 Å². The number of alkyl halides is 1. The molecule has 1 aliphatic carbocycles. The number of ether oxygens (including phenoxy) is 3. The van der Waals surface area contributed by atoms with Crippen molar-refractivity contribution in [2.75, 3.05) is 13.2 Å². The van der Waals surface area contributed by atoms with Crippen molar-refractivity contribution in [3.63, 3.8) is 0 Å². The van der Waals surface area contributed by atoms with Gasteiger partial charge in [0.1, 0.15) is 5.67 Å². The maximum absolute atomic E-state index is 14.5. The van der Waals surface area contributed by atoms with E-state index >= 15 is 0 Å². The standard InChI is InChI=1S/C16H21FO3/c1-15(2)19-10-14(20-15)13-8-16(13,17)11-18-9-12-6-4-3-5-7-12/h3-7,13-14H,8-11H2,1-2H3/t13-,14-,16-/m0/s1. The van der Waals surface area contributed by atoms with Gasteiger partial charge in [0.05, 0.1) is 25.9 Å². The van der Waals surface area contributed by atoms with Crippen LogP contribution in [0.3, 0.4) is 0 Å². The average molecular weight is 280 g/mol. The number of rotatable bonds is 5. The minimum atomic E-state index is -1.25. The van der Waals surface area contributed by atoms with E-state index in [1.54, 1.807) is 0 Å². The van der Waals surface area contributed by atoms with E-state index in [2.05, 4.69) is 0 Å². The van der Waals surface area contributed by atoms with Crippen molar-refractivity contribution < 1.29 is 18.6 Å². The number of halogens is 1. The molecule has 0 bridgehead atoms. The Balaban J connectivity index is 1.45. The molecule has 0 unspecified atom stereocenters. The van der Waals surface area contributed by atoms with Gasteiger partial charge in [-0.05, 0) is 25.8 Å². The lowest BCUT2D eigenvalue weighted by molar-refractivity contribution is -0.142. The van der Waals surface area contributed by atoms with E-state index in [9.17, 15) is 4.39 Å². The van der Waals surface area contributed by atoms with Gasteiger partial charge in [-0.25, -0.2) is 4.39 Å². The molecule has 1 aromatic rings. The predicted molar refractivity (Wildman–Crippen MR) is 72.9 cm³/mol. The second kappa shape index (κ2) is 5.10. The number of benzene rings is 1. The second-order valence-electron chi connectivity index (χ2n) is 6.19. The van der Waals surface area contributed by atoms with Gasteiger partial charge in [-0.1, -0.05) is 30.3 Å². The highest BCUT2D eigenvalue weighted by Crippen LogP contribution is 2.52. The first-order valence-corrected chi connectivity index (χ1v) is 7.11. The van der Waals surface area contributed by atoms with E-state index in [1.807, 2.05) is 44.2 Å². The van der Waals surface area contributed by atoms with Crippen LogP contribution in [0.2, 0.25) is 0 Å². The second-order valence-corrected chi connectivity index (χ2v) is 6.19. The summed E-state index contributed by atoms with van der Waals surface area (Å²) in [5.74, 6) is -0.681. The summed E-state index contributed by atoms with van der Waals surface area (Å²) in [6, 6.07) is 9.82. The van der Waals surface area contributed by atoms with Gasteiger partial charge in [0.2, 0.25) is 0 Å². The molecule has 0 amide bonds. The first-order valence-electron chi connectivity index (χ1n) is 7.11. The van der Waals surface area contributed by atoms with E-state index in [0.717, 1.165) is 5.56 Å². The molecule has 3 atom stereocenters. The molecule has 1 aromatic carbocycles. The van der Waals surface area contributed by atoms with E-state index in [0.29, 0.717) is 19.6 Å². The molecular formula is C16H21FO3. The van der Waals surface area contributed by atoms with Crippen molar-refractivity contribution in [2.45, 2.75) is 44.4 Å². The van der Waals surface area contributed by atoms with Crippen LogP contribution in [0, 0.1) is 5.92 Å². The van der Waals surface area contributed by atoms with Gasteiger partial charge in [-0.3, -0.25) is 0 Å². The summed E-state index contributed by atoms with van der Waals surface area (Å²) >= 11 is 0. The highest BCUT2D eigenvalue weighted by molar-refractivity contribution is 5.14. The quantitative estimate of drug-likeness (QED) is 0.829. The topological polar surface area (TPSA) is 27.7 Å². The summed E-state index contributed by atoms with van der Waals surface area (Å²) in [5.41, 5.74) is -0.182. The Bertz CT molecular complexity index is 462.